The summed E-state index contributed by atoms with van der Waals surface area (Å²) in [6.45, 7) is -0.139. The van der Waals surface area contributed by atoms with Crippen LogP contribution in [0.2, 0.25) is 0 Å². The molecule has 1 unspecified atom stereocenters. The molecule has 178 valence electrons. The average Bonchev–Trinajstić information content (AvgIpc) is 3.61. The molecule has 3 fully saturated rings. The topological polar surface area (TPSA) is 104 Å². The number of nitrogens with zero attached hydrogens (tertiary/aromatic N) is 4. The maximum Gasteiger partial charge on any atom is 0.177 e. The zero-order chi connectivity index (χ0) is 22.7. The van der Waals surface area contributed by atoms with Crippen LogP contribution in [0, 0.1) is 0 Å². The Labute approximate surface area is 197 Å². The van der Waals surface area contributed by atoms with Crippen molar-refractivity contribution in [3.8, 4) is 0 Å². The smallest absolute Gasteiger partial charge is 0.177 e. The van der Waals surface area contributed by atoms with Gasteiger partial charge >= 0.3 is 0 Å². The summed E-state index contributed by atoms with van der Waals surface area (Å²) in [5.74, 6) is 0.0447. The van der Waals surface area contributed by atoms with Crippen LogP contribution in [-0.2, 0) is 27.1 Å². The lowest BCUT2D eigenvalue weighted by Gasteiger charge is -2.27. The van der Waals surface area contributed by atoms with E-state index in [4.69, 9.17) is 14.2 Å². The monoisotopic (exact) mass is 463 g/mol. The summed E-state index contributed by atoms with van der Waals surface area (Å²) >= 11 is 0. The Bertz CT molecular complexity index is 1180. The fourth-order valence-corrected chi connectivity index (χ4v) is 6.17. The number of benzene rings is 1. The van der Waals surface area contributed by atoms with Crippen LogP contribution in [0.25, 0.3) is 11.2 Å². The molecular formula is C25H29N5O4. The summed E-state index contributed by atoms with van der Waals surface area (Å²) < 4.78 is 21.3. The van der Waals surface area contributed by atoms with E-state index in [-0.39, 0.29) is 18.8 Å². The number of aliphatic hydroxyl groups excluding tert-OH is 1. The summed E-state index contributed by atoms with van der Waals surface area (Å²) in [6, 6.07) is 8.77. The van der Waals surface area contributed by atoms with Crippen LogP contribution in [0.1, 0.15) is 49.5 Å². The van der Waals surface area contributed by atoms with E-state index in [1.807, 2.05) is 16.7 Å². The normalized spacial score (nSPS) is 30.1. The fourth-order valence-electron chi connectivity index (χ4n) is 6.17. The molecule has 4 aliphatic rings. The summed E-state index contributed by atoms with van der Waals surface area (Å²) in [7, 11) is 0. The Hall–Kier alpha value is -2.59. The molecule has 1 aromatic carbocycles. The van der Waals surface area contributed by atoms with Gasteiger partial charge in [-0.3, -0.25) is 4.57 Å². The number of ether oxygens (including phenoxy) is 3. The molecule has 3 aromatic rings. The van der Waals surface area contributed by atoms with E-state index < -0.39 is 18.1 Å². The molecular weight excluding hydrogens is 434 g/mol. The van der Waals surface area contributed by atoms with Crippen LogP contribution in [0.4, 0.5) is 5.82 Å². The molecule has 0 bridgehead atoms. The lowest BCUT2D eigenvalue weighted by molar-refractivity contribution is -0.213. The third kappa shape index (κ3) is 3.25. The predicted octanol–water partition coefficient (Wildman–Crippen LogP) is 2.74. The molecule has 7 rings (SSSR count). The number of rotatable bonds is 4. The molecule has 2 aromatic heterocycles. The average molecular weight is 464 g/mol. The highest BCUT2D eigenvalue weighted by Crippen LogP contribution is 2.48. The van der Waals surface area contributed by atoms with Crippen molar-refractivity contribution in [2.24, 2.45) is 0 Å². The molecule has 2 saturated heterocycles. The molecule has 2 aliphatic carbocycles. The minimum atomic E-state index is -0.715. The van der Waals surface area contributed by atoms with Crippen molar-refractivity contribution in [2.45, 2.75) is 81.3 Å². The number of hydrogen-bond acceptors (Lipinski definition) is 8. The van der Waals surface area contributed by atoms with E-state index in [1.165, 1.54) is 30.4 Å². The van der Waals surface area contributed by atoms with Crippen LogP contribution in [0.3, 0.4) is 0 Å². The molecule has 34 heavy (non-hydrogen) atoms. The fraction of sp³-hybridized carbons (Fsp3) is 0.560. The van der Waals surface area contributed by atoms with Crippen molar-refractivity contribution >= 4 is 17.0 Å². The molecule has 1 saturated carbocycles. The van der Waals surface area contributed by atoms with Crippen LogP contribution >= 0.6 is 0 Å². The van der Waals surface area contributed by atoms with Crippen molar-refractivity contribution in [2.75, 3.05) is 11.9 Å². The van der Waals surface area contributed by atoms with Crippen molar-refractivity contribution in [1.29, 1.82) is 0 Å². The van der Waals surface area contributed by atoms with Crippen molar-refractivity contribution in [3.05, 3.63) is 48.0 Å². The summed E-state index contributed by atoms with van der Waals surface area (Å²) in [6.07, 6.45) is 9.09. The first kappa shape index (κ1) is 20.8. The van der Waals surface area contributed by atoms with Crippen molar-refractivity contribution < 1.29 is 19.3 Å². The lowest BCUT2D eigenvalue weighted by atomic mass is 9.95. The standard InChI is InChI=1S/C25H29N5O4/c31-12-18-20-21(34-25(33-20)10-15-6-4-5-7-16(15)11-25)24(32-18)30-14-28-19-22(26-13-27-23(19)30)29-17-8-2-1-3-9-17/h4-7,13-14,17-18,20-21,24,31H,1-3,8-12H2,(H,26,27,29)/t18-,20?,21+,24-/m1/s1. The van der Waals surface area contributed by atoms with Crippen LogP contribution < -0.4 is 5.32 Å². The molecule has 2 N–H and O–H groups in total. The van der Waals surface area contributed by atoms with Crippen molar-refractivity contribution in [1.82, 2.24) is 19.5 Å². The molecule has 9 nitrogen and oxygen atoms in total. The summed E-state index contributed by atoms with van der Waals surface area (Å²) in [4.78, 5) is 13.7. The van der Waals surface area contributed by atoms with Gasteiger partial charge in [0.2, 0.25) is 0 Å². The predicted molar refractivity (Wildman–Crippen MR) is 123 cm³/mol. The highest BCUT2D eigenvalue weighted by Gasteiger charge is 2.60. The van der Waals surface area contributed by atoms with Gasteiger partial charge in [-0.15, -0.1) is 0 Å². The van der Waals surface area contributed by atoms with Gasteiger partial charge in [-0.05, 0) is 24.0 Å². The van der Waals surface area contributed by atoms with E-state index in [1.54, 1.807) is 12.7 Å². The SMILES string of the molecule is OC[C@H]1O[C@@H](n2cnc3c(NC4CCCCC4)ncnc32)[C@H]2OC3(Cc4ccccc4C3)OC12. The number of aromatic nitrogens is 4. The highest BCUT2D eigenvalue weighted by molar-refractivity contribution is 5.82. The van der Waals surface area contributed by atoms with Crippen molar-refractivity contribution in [3.63, 3.8) is 0 Å². The maximum atomic E-state index is 10.1. The largest absolute Gasteiger partial charge is 0.394 e. The second-order valence-corrected chi connectivity index (χ2v) is 9.97. The van der Waals surface area contributed by atoms with E-state index in [0.29, 0.717) is 24.5 Å². The summed E-state index contributed by atoms with van der Waals surface area (Å²) in [5, 5.41) is 13.6. The van der Waals surface area contributed by atoms with Gasteiger partial charge in [0.15, 0.2) is 29.0 Å². The van der Waals surface area contributed by atoms with Gasteiger partial charge in [0.25, 0.3) is 0 Å². The molecule has 4 heterocycles. The highest BCUT2D eigenvalue weighted by atomic mass is 16.8. The third-order valence-electron chi connectivity index (χ3n) is 7.78. The number of anilines is 1. The molecule has 0 amide bonds. The number of nitrogens with one attached hydrogen (secondary N) is 1. The first-order valence-electron chi connectivity index (χ1n) is 12.4. The Morgan fingerprint density at radius 2 is 1.76 bits per heavy atom. The number of hydrogen-bond donors (Lipinski definition) is 2. The number of imidazole rings is 1. The molecule has 9 heteroatoms. The number of fused-ring (bicyclic) bond motifs is 3. The Kier molecular flexibility index (Phi) is 4.87. The van der Waals surface area contributed by atoms with E-state index in [9.17, 15) is 5.11 Å². The van der Waals surface area contributed by atoms with Crippen LogP contribution in [-0.4, -0.2) is 61.4 Å². The van der Waals surface area contributed by atoms with Gasteiger partial charge in [-0.1, -0.05) is 43.5 Å². The van der Waals surface area contributed by atoms with Gasteiger partial charge in [-0.25, -0.2) is 15.0 Å². The minimum absolute atomic E-state index is 0.139. The van der Waals surface area contributed by atoms with E-state index in [0.717, 1.165) is 24.2 Å². The van der Waals surface area contributed by atoms with Gasteiger partial charge in [0, 0.05) is 18.9 Å². The zero-order valence-corrected chi connectivity index (χ0v) is 19.0. The number of aliphatic hydroxyl groups is 1. The first-order valence-corrected chi connectivity index (χ1v) is 12.4. The van der Waals surface area contributed by atoms with E-state index in [2.05, 4.69) is 32.4 Å². The van der Waals surface area contributed by atoms with E-state index >= 15 is 0 Å². The van der Waals surface area contributed by atoms with Crippen LogP contribution in [0.5, 0.6) is 0 Å². The minimum Gasteiger partial charge on any atom is -0.394 e. The second-order valence-electron chi connectivity index (χ2n) is 9.97. The molecule has 1 spiro atoms. The maximum absolute atomic E-state index is 10.1. The Morgan fingerprint density at radius 3 is 2.53 bits per heavy atom. The van der Waals surface area contributed by atoms with Crippen LogP contribution in [0.15, 0.2) is 36.9 Å². The third-order valence-corrected chi connectivity index (χ3v) is 7.78. The van der Waals surface area contributed by atoms with Gasteiger partial charge < -0.3 is 24.6 Å². The lowest BCUT2D eigenvalue weighted by Crippen LogP contribution is -2.36. The molecule has 4 atom stereocenters. The van der Waals surface area contributed by atoms with Gasteiger partial charge in [0.05, 0.1) is 12.9 Å². The Balaban J connectivity index is 1.19. The van der Waals surface area contributed by atoms with Gasteiger partial charge in [-0.2, -0.15) is 0 Å². The zero-order valence-electron chi connectivity index (χ0n) is 19.0. The Morgan fingerprint density at radius 1 is 1.00 bits per heavy atom. The quantitative estimate of drug-likeness (QED) is 0.609. The first-order chi connectivity index (χ1) is 16.7. The molecule has 0 radical (unpaired) electrons. The summed E-state index contributed by atoms with van der Waals surface area (Å²) in [5.41, 5.74) is 3.91. The molecule has 2 aliphatic heterocycles. The van der Waals surface area contributed by atoms with Gasteiger partial charge in [0.1, 0.15) is 24.6 Å². The second kappa shape index (κ2) is 7.98.